The smallest absolute Gasteiger partial charge is 0.178 e. The number of aliphatic hydroxyl groups is 1. The van der Waals surface area contributed by atoms with Crippen LogP contribution in [-0.2, 0) is 0 Å². The largest absolute Gasteiger partial charge is 1.00 e. The van der Waals surface area contributed by atoms with Crippen LogP contribution in [0.25, 0.3) is 0 Å². The van der Waals surface area contributed by atoms with Crippen molar-refractivity contribution in [2.45, 2.75) is 13.0 Å². The minimum atomic E-state index is 0. The summed E-state index contributed by atoms with van der Waals surface area (Å²) < 4.78 is 1.97. The van der Waals surface area contributed by atoms with Crippen LogP contribution in [0, 0.1) is 0 Å². The molecule has 1 atom stereocenters. The molecule has 1 N–H and O–H groups in total. The molecule has 62 valence electrons. The molecule has 0 spiro atoms. The summed E-state index contributed by atoms with van der Waals surface area (Å²) in [7, 11) is 0. The number of pyridine rings is 1. The maximum Gasteiger partial charge on any atom is 0.178 e. The monoisotopic (exact) mass is 173 g/mol. The van der Waals surface area contributed by atoms with Gasteiger partial charge in [-0.2, -0.15) is 0 Å². The third-order valence-corrected chi connectivity index (χ3v) is 1.51. The Kier molecular flexibility index (Phi) is 4.83. The summed E-state index contributed by atoms with van der Waals surface area (Å²) in [5.74, 6) is 0. The Hall–Kier alpha value is -0.600. The van der Waals surface area contributed by atoms with E-state index in [0.717, 1.165) is 0 Å². The van der Waals surface area contributed by atoms with Crippen LogP contribution < -0.4 is 17.0 Å². The van der Waals surface area contributed by atoms with Gasteiger partial charge in [-0.25, -0.2) is 4.57 Å². The first-order valence-electron chi connectivity index (χ1n) is 3.41. The molecule has 1 aromatic rings. The summed E-state index contributed by atoms with van der Waals surface area (Å²) in [5.41, 5.74) is 0. The zero-order valence-corrected chi connectivity index (χ0v) is 7.20. The van der Waals surface area contributed by atoms with Gasteiger partial charge in [0, 0.05) is 19.1 Å². The molecule has 0 fully saturated rings. The Morgan fingerprint density at radius 3 is 2.27 bits per heavy atom. The second-order valence-electron chi connectivity index (χ2n) is 2.35. The van der Waals surface area contributed by atoms with Gasteiger partial charge in [-0.15, -0.1) is 0 Å². The molecule has 0 radical (unpaired) electrons. The van der Waals surface area contributed by atoms with Crippen molar-refractivity contribution >= 4 is 0 Å². The van der Waals surface area contributed by atoms with Crippen LogP contribution >= 0.6 is 0 Å². The summed E-state index contributed by atoms with van der Waals surface area (Å²) >= 11 is 0. The number of hydrogen-bond acceptors (Lipinski definition) is 1. The van der Waals surface area contributed by atoms with Crippen LogP contribution in [0.2, 0.25) is 0 Å². The van der Waals surface area contributed by atoms with E-state index in [1.54, 1.807) is 0 Å². The van der Waals surface area contributed by atoms with Crippen molar-refractivity contribution in [1.82, 2.24) is 0 Å². The zero-order valence-electron chi connectivity index (χ0n) is 6.44. The van der Waals surface area contributed by atoms with Crippen molar-refractivity contribution in [1.29, 1.82) is 0 Å². The van der Waals surface area contributed by atoms with E-state index in [1.165, 1.54) is 0 Å². The maximum absolute atomic E-state index is 8.77. The molecule has 3 heteroatoms. The van der Waals surface area contributed by atoms with Gasteiger partial charge in [0.1, 0.15) is 6.61 Å². The van der Waals surface area contributed by atoms with Crippen molar-refractivity contribution < 1.29 is 22.1 Å². The van der Waals surface area contributed by atoms with E-state index in [4.69, 9.17) is 5.11 Å². The first-order chi connectivity index (χ1) is 4.84. The van der Waals surface area contributed by atoms with Gasteiger partial charge >= 0.3 is 0 Å². The number of nitrogens with zero attached hydrogens (tertiary/aromatic N) is 1. The lowest BCUT2D eigenvalue weighted by Gasteiger charge is -2.00. The SMILES string of the molecule is CC(CO)[n+]1ccccc1.[Cl-]. The van der Waals surface area contributed by atoms with Crippen molar-refractivity contribution in [3.63, 3.8) is 0 Å². The molecule has 0 amide bonds. The van der Waals surface area contributed by atoms with Gasteiger partial charge in [0.05, 0.1) is 0 Å². The summed E-state index contributed by atoms with van der Waals surface area (Å²) in [4.78, 5) is 0. The standard InChI is InChI=1S/C8H12NO.ClH/c1-8(7-10)9-5-3-2-4-6-9;/h2-6,8,10H,7H2,1H3;1H/q+1;/p-1. The number of hydrogen-bond donors (Lipinski definition) is 1. The van der Waals surface area contributed by atoms with Gasteiger partial charge in [-0.3, -0.25) is 0 Å². The average molecular weight is 174 g/mol. The third kappa shape index (κ3) is 2.87. The van der Waals surface area contributed by atoms with Crippen molar-refractivity contribution in [2.75, 3.05) is 6.61 Å². The molecule has 0 saturated carbocycles. The van der Waals surface area contributed by atoms with Gasteiger partial charge in [-0.05, 0) is 0 Å². The molecule has 11 heavy (non-hydrogen) atoms. The van der Waals surface area contributed by atoms with Gasteiger partial charge in [0.25, 0.3) is 0 Å². The lowest BCUT2D eigenvalue weighted by Crippen LogP contribution is -3.00. The quantitative estimate of drug-likeness (QED) is 0.493. The predicted octanol–water partition coefficient (Wildman–Crippen LogP) is -2.47. The highest BCUT2D eigenvalue weighted by Crippen LogP contribution is 1.89. The van der Waals surface area contributed by atoms with E-state index in [2.05, 4.69) is 0 Å². The highest BCUT2D eigenvalue weighted by Gasteiger charge is 2.07. The molecule has 0 saturated heterocycles. The molecule has 1 unspecified atom stereocenters. The first-order valence-corrected chi connectivity index (χ1v) is 3.41. The summed E-state index contributed by atoms with van der Waals surface area (Å²) in [6.07, 6.45) is 3.89. The molecule has 0 aliphatic heterocycles. The van der Waals surface area contributed by atoms with Gasteiger partial charge in [-0.1, -0.05) is 6.07 Å². The predicted molar refractivity (Wildman–Crippen MR) is 38.4 cm³/mol. The van der Waals surface area contributed by atoms with Crippen LogP contribution in [0.15, 0.2) is 30.6 Å². The average Bonchev–Trinajstić information content (AvgIpc) is 2.05. The zero-order chi connectivity index (χ0) is 7.40. The summed E-state index contributed by atoms with van der Waals surface area (Å²) in [5, 5.41) is 8.77. The van der Waals surface area contributed by atoms with Crippen LogP contribution in [0.5, 0.6) is 0 Å². The number of aromatic nitrogens is 1. The van der Waals surface area contributed by atoms with E-state index in [-0.39, 0.29) is 25.1 Å². The Labute approximate surface area is 72.9 Å². The second kappa shape index (κ2) is 5.10. The third-order valence-electron chi connectivity index (χ3n) is 1.51. The van der Waals surface area contributed by atoms with E-state index in [1.807, 2.05) is 42.1 Å². The number of halogens is 1. The Balaban J connectivity index is 0.000001000. The Bertz CT molecular complexity index is 191. The molecular formula is C8H12ClNO. The van der Waals surface area contributed by atoms with Crippen LogP contribution in [0.4, 0.5) is 0 Å². The van der Waals surface area contributed by atoms with E-state index in [0.29, 0.717) is 0 Å². The van der Waals surface area contributed by atoms with E-state index < -0.39 is 0 Å². The topological polar surface area (TPSA) is 24.1 Å². The van der Waals surface area contributed by atoms with Crippen LogP contribution in [0.1, 0.15) is 13.0 Å². The maximum atomic E-state index is 8.77. The first kappa shape index (κ1) is 10.4. The van der Waals surface area contributed by atoms with Gasteiger partial charge in [0.2, 0.25) is 0 Å². The van der Waals surface area contributed by atoms with Gasteiger partial charge in [0.15, 0.2) is 18.4 Å². The van der Waals surface area contributed by atoms with E-state index >= 15 is 0 Å². The van der Waals surface area contributed by atoms with Crippen LogP contribution in [-0.4, -0.2) is 11.7 Å². The molecule has 0 aliphatic rings. The minimum Gasteiger partial charge on any atom is -1.00 e. The Morgan fingerprint density at radius 1 is 1.27 bits per heavy atom. The fourth-order valence-electron chi connectivity index (χ4n) is 0.800. The molecular weight excluding hydrogens is 162 g/mol. The summed E-state index contributed by atoms with van der Waals surface area (Å²) in [6, 6.07) is 6.04. The molecule has 1 aromatic heterocycles. The molecule has 1 heterocycles. The molecule has 0 aliphatic carbocycles. The Morgan fingerprint density at radius 2 is 1.82 bits per heavy atom. The highest BCUT2D eigenvalue weighted by atomic mass is 35.5. The van der Waals surface area contributed by atoms with Gasteiger partial charge < -0.3 is 17.5 Å². The van der Waals surface area contributed by atoms with Crippen LogP contribution in [0.3, 0.4) is 0 Å². The molecule has 0 aromatic carbocycles. The fourth-order valence-corrected chi connectivity index (χ4v) is 0.800. The lowest BCUT2D eigenvalue weighted by atomic mass is 10.3. The highest BCUT2D eigenvalue weighted by molar-refractivity contribution is 4.83. The van der Waals surface area contributed by atoms with Crippen molar-refractivity contribution in [3.8, 4) is 0 Å². The molecule has 2 nitrogen and oxygen atoms in total. The van der Waals surface area contributed by atoms with Crippen molar-refractivity contribution in [2.24, 2.45) is 0 Å². The normalized spacial score (nSPS) is 11.8. The second-order valence-corrected chi connectivity index (χ2v) is 2.35. The number of rotatable bonds is 2. The molecule has 1 rings (SSSR count). The number of aliphatic hydroxyl groups excluding tert-OH is 1. The molecule has 0 bridgehead atoms. The van der Waals surface area contributed by atoms with E-state index in [9.17, 15) is 0 Å². The summed E-state index contributed by atoms with van der Waals surface area (Å²) in [6.45, 7) is 2.16. The minimum absolute atomic E-state index is 0. The fraction of sp³-hybridized carbons (Fsp3) is 0.375. The van der Waals surface area contributed by atoms with Crippen molar-refractivity contribution in [3.05, 3.63) is 30.6 Å². The lowest BCUT2D eigenvalue weighted by molar-refractivity contribution is -0.721.